The summed E-state index contributed by atoms with van der Waals surface area (Å²) in [7, 11) is 1.58. The Bertz CT molecular complexity index is 1550. The Kier molecular flexibility index (Phi) is 5.59. The van der Waals surface area contributed by atoms with E-state index < -0.39 is 5.97 Å². The number of hydrogen-bond donors (Lipinski definition) is 1. The Morgan fingerprint density at radius 1 is 0.971 bits per heavy atom. The first-order valence-corrected chi connectivity index (χ1v) is 11.1. The molecule has 1 N–H and O–H groups in total. The third-order valence-electron chi connectivity index (χ3n) is 5.91. The van der Waals surface area contributed by atoms with Crippen LogP contribution in [0.25, 0.3) is 21.8 Å². The molecule has 5 aromatic rings. The van der Waals surface area contributed by atoms with E-state index in [0.29, 0.717) is 38.9 Å². The first-order chi connectivity index (χ1) is 16.4. The van der Waals surface area contributed by atoms with Gasteiger partial charge in [-0.05, 0) is 79.2 Å². The number of hydrogen-bond acceptors (Lipinski definition) is 4. The molecule has 170 valence electrons. The highest BCUT2D eigenvalue weighted by molar-refractivity contribution is 6.30. The van der Waals surface area contributed by atoms with Gasteiger partial charge in [0.05, 0.1) is 19.0 Å². The lowest BCUT2D eigenvalue weighted by Crippen LogP contribution is -2.15. The van der Waals surface area contributed by atoms with Crippen LogP contribution < -0.4 is 9.47 Å². The molecule has 0 aliphatic carbocycles. The monoisotopic (exact) mass is 472 g/mol. The summed E-state index contributed by atoms with van der Waals surface area (Å²) in [4.78, 5) is 29.4. The molecule has 34 heavy (non-hydrogen) atoms. The van der Waals surface area contributed by atoms with Crippen molar-refractivity contribution in [3.8, 4) is 11.5 Å². The number of H-pyrrole nitrogens is 1. The average molecular weight is 473 g/mol. The zero-order valence-corrected chi connectivity index (χ0v) is 19.3. The molecule has 0 saturated carbocycles. The van der Waals surface area contributed by atoms with Gasteiger partial charge in [-0.25, -0.2) is 0 Å². The van der Waals surface area contributed by atoms with Crippen LogP contribution >= 0.6 is 11.6 Å². The normalized spacial score (nSPS) is 11.1. The van der Waals surface area contributed by atoms with Gasteiger partial charge in [-0.1, -0.05) is 11.6 Å². The van der Waals surface area contributed by atoms with Crippen molar-refractivity contribution >= 4 is 45.3 Å². The molecule has 0 radical (unpaired) electrons. The number of aromatic nitrogens is 2. The third kappa shape index (κ3) is 3.93. The van der Waals surface area contributed by atoms with Gasteiger partial charge in [-0.15, -0.1) is 0 Å². The number of carbonyl (C=O) groups excluding carboxylic acids is 2. The van der Waals surface area contributed by atoms with E-state index in [2.05, 4.69) is 4.98 Å². The van der Waals surface area contributed by atoms with Crippen molar-refractivity contribution in [2.45, 2.75) is 13.3 Å². The molecular weight excluding hydrogens is 452 g/mol. The Morgan fingerprint density at radius 2 is 1.74 bits per heavy atom. The van der Waals surface area contributed by atoms with Crippen LogP contribution in [0.4, 0.5) is 0 Å². The largest absolute Gasteiger partial charge is 0.497 e. The lowest BCUT2D eigenvalue weighted by Gasteiger charge is -2.08. The number of benzene rings is 3. The van der Waals surface area contributed by atoms with Crippen LogP contribution in [0.15, 0.2) is 72.9 Å². The molecule has 7 heteroatoms. The van der Waals surface area contributed by atoms with Gasteiger partial charge in [0, 0.05) is 38.8 Å². The van der Waals surface area contributed by atoms with Gasteiger partial charge < -0.3 is 14.5 Å². The molecule has 5 rings (SSSR count). The zero-order chi connectivity index (χ0) is 23.8. The first-order valence-electron chi connectivity index (χ1n) is 10.7. The molecule has 0 unspecified atom stereocenters. The number of aromatic amines is 1. The van der Waals surface area contributed by atoms with Gasteiger partial charge in [0.25, 0.3) is 5.91 Å². The fraction of sp³-hybridized carbons (Fsp3) is 0.111. The van der Waals surface area contributed by atoms with E-state index in [-0.39, 0.29) is 12.3 Å². The van der Waals surface area contributed by atoms with E-state index in [4.69, 9.17) is 21.1 Å². The SMILES string of the molecule is COc1ccc2c(c1)c(CC(=O)Oc1ccc3[nH]ccc3c1)c(C)n2C(=O)c1ccc(Cl)cc1. The van der Waals surface area contributed by atoms with Crippen LogP contribution in [-0.4, -0.2) is 28.5 Å². The molecule has 0 saturated heterocycles. The topological polar surface area (TPSA) is 73.3 Å². The molecule has 0 atom stereocenters. The molecule has 6 nitrogen and oxygen atoms in total. The highest BCUT2D eigenvalue weighted by Crippen LogP contribution is 2.31. The minimum absolute atomic E-state index is 0.00156. The Labute approximate surface area is 200 Å². The molecule has 2 aromatic heterocycles. The number of fused-ring (bicyclic) bond motifs is 2. The van der Waals surface area contributed by atoms with E-state index in [9.17, 15) is 9.59 Å². The number of esters is 1. The van der Waals surface area contributed by atoms with E-state index >= 15 is 0 Å². The smallest absolute Gasteiger partial charge is 0.315 e. The van der Waals surface area contributed by atoms with Crippen LogP contribution in [0.1, 0.15) is 21.6 Å². The molecule has 0 aliphatic heterocycles. The van der Waals surface area contributed by atoms with Crippen LogP contribution in [0, 0.1) is 6.92 Å². The van der Waals surface area contributed by atoms with Crippen molar-refractivity contribution in [2.24, 2.45) is 0 Å². The van der Waals surface area contributed by atoms with Crippen molar-refractivity contribution in [3.05, 3.63) is 94.8 Å². The van der Waals surface area contributed by atoms with Crippen molar-refractivity contribution < 1.29 is 19.1 Å². The highest BCUT2D eigenvalue weighted by Gasteiger charge is 2.22. The number of nitrogens with zero attached hydrogens (tertiary/aromatic N) is 1. The van der Waals surface area contributed by atoms with E-state index in [1.807, 2.05) is 43.5 Å². The Hall–Kier alpha value is -4.03. The summed E-state index contributed by atoms with van der Waals surface area (Å²) in [5.74, 6) is 0.477. The fourth-order valence-corrected chi connectivity index (χ4v) is 4.33. The quantitative estimate of drug-likeness (QED) is 0.254. The summed E-state index contributed by atoms with van der Waals surface area (Å²) < 4.78 is 12.6. The average Bonchev–Trinajstić information content (AvgIpc) is 3.41. The van der Waals surface area contributed by atoms with Crippen LogP contribution in [0.5, 0.6) is 11.5 Å². The second kappa shape index (κ2) is 8.72. The standard InChI is InChI=1S/C27H21ClN2O4/c1-16-22(15-26(31)34-21-7-9-24-18(13-21)11-12-29-24)23-14-20(33-2)8-10-25(23)30(16)27(32)17-3-5-19(28)6-4-17/h3-14,29H,15H2,1-2H3. The number of ether oxygens (including phenoxy) is 2. The molecular formula is C27H21ClN2O4. The lowest BCUT2D eigenvalue weighted by atomic mass is 10.1. The number of nitrogens with one attached hydrogen (secondary N) is 1. The van der Waals surface area contributed by atoms with Crippen LogP contribution in [0.3, 0.4) is 0 Å². The number of carbonyl (C=O) groups is 2. The summed E-state index contributed by atoms with van der Waals surface area (Å²) in [6.07, 6.45) is 1.83. The van der Waals surface area contributed by atoms with Gasteiger partial charge in [-0.3, -0.25) is 14.2 Å². The van der Waals surface area contributed by atoms with Crippen molar-refractivity contribution in [2.75, 3.05) is 7.11 Å². The van der Waals surface area contributed by atoms with Crippen molar-refractivity contribution in [1.29, 1.82) is 0 Å². The number of halogens is 1. The summed E-state index contributed by atoms with van der Waals surface area (Å²) in [5, 5.41) is 2.27. The van der Waals surface area contributed by atoms with Crippen LogP contribution in [-0.2, 0) is 11.2 Å². The number of methoxy groups -OCH3 is 1. The van der Waals surface area contributed by atoms with Crippen molar-refractivity contribution in [1.82, 2.24) is 9.55 Å². The fourth-order valence-electron chi connectivity index (χ4n) is 4.20. The third-order valence-corrected chi connectivity index (χ3v) is 6.17. The molecule has 0 spiro atoms. The van der Waals surface area contributed by atoms with Crippen LogP contribution in [0.2, 0.25) is 5.02 Å². The van der Waals surface area contributed by atoms with Gasteiger partial charge in [0.15, 0.2) is 0 Å². The summed E-state index contributed by atoms with van der Waals surface area (Å²) in [5.41, 5.74) is 3.53. The zero-order valence-electron chi connectivity index (χ0n) is 18.6. The molecule has 0 fully saturated rings. The molecule has 2 heterocycles. The maximum atomic E-state index is 13.4. The number of rotatable bonds is 5. The summed E-state index contributed by atoms with van der Waals surface area (Å²) >= 11 is 5.99. The van der Waals surface area contributed by atoms with Gasteiger partial charge in [0.1, 0.15) is 11.5 Å². The maximum Gasteiger partial charge on any atom is 0.315 e. The first kappa shape index (κ1) is 21.8. The predicted octanol–water partition coefficient (Wildman–Crippen LogP) is 5.93. The van der Waals surface area contributed by atoms with Gasteiger partial charge in [-0.2, -0.15) is 0 Å². The molecule has 3 aromatic carbocycles. The van der Waals surface area contributed by atoms with Crippen molar-refractivity contribution in [3.63, 3.8) is 0 Å². The molecule has 0 amide bonds. The maximum absolute atomic E-state index is 13.4. The lowest BCUT2D eigenvalue weighted by molar-refractivity contribution is -0.133. The van der Waals surface area contributed by atoms with Gasteiger partial charge in [0.2, 0.25) is 0 Å². The Balaban J connectivity index is 1.52. The van der Waals surface area contributed by atoms with E-state index in [0.717, 1.165) is 16.3 Å². The highest BCUT2D eigenvalue weighted by atomic mass is 35.5. The summed E-state index contributed by atoms with van der Waals surface area (Å²) in [6.45, 7) is 1.83. The van der Waals surface area contributed by atoms with E-state index in [1.165, 1.54) is 0 Å². The Morgan fingerprint density at radius 3 is 2.50 bits per heavy atom. The minimum atomic E-state index is -0.418. The van der Waals surface area contributed by atoms with Gasteiger partial charge >= 0.3 is 5.97 Å². The summed E-state index contributed by atoms with van der Waals surface area (Å²) in [6, 6.07) is 19.5. The predicted molar refractivity (Wildman–Crippen MR) is 132 cm³/mol. The minimum Gasteiger partial charge on any atom is -0.497 e. The van der Waals surface area contributed by atoms with E-state index in [1.54, 1.807) is 48.1 Å². The second-order valence-electron chi connectivity index (χ2n) is 7.97. The molecule has 0 bridgehead atoms. The molecule has 0 aliphatic rings. The second-order valence-corrected chi connectivity index (χ2v) is 8.41.